The van der Waals surface area contributed by atoms with Crippen LogP contribution < -0.4 is 0 Å². The fourth-order valence-electron chi connectivity index (χ4n) is 1.85. The van der Waals surface area contributed by atoms with Gasteiger partial charge in [0, 0.05) is 7.05 Å². The molecule has 3 aromatic rings. The molecule has 0 aliphatic heterocycles. The number of hydrogen-bond acceptors (Lipinski definition) is 7. The number of fused-ring (bicyclic) bond motifs is 1. The van der Waals surface area contributed by atoms with Crippen LogP contribution in [-0.2, 0) is 13.2 Å². The molecule has 0 unspecified atom stereocenters. The van der Waals surface area contributed by atoms with Gasteiger partial charge in [-0.1, -0.05) is 11.3 Å². The molecule has 0 fully saturated rings. The van der Waals surface area contributed by atoms with Crippen molar-refractivity contribution in [1.82, 2.24) is 29.6 Å². The van der Waals surface area contributed by atoms with Crippen LogP contribution in [0.3, 0.4) is 0 Å². The van der Waals surface area contributed by atoms with Crippen molar-refractivity contribution in [2.75, 3.05) is 0 Å². The molecule has 0 N–H and O–H groups in total. The Hall–Kier alpha value is -2.57. The monoisotopic (exact) mass is 333 g/mol. The Kier molecular flexibility index (Phi) is 2.91. The zero-order valence-corrected chi connectivity index (χ0v) is 11.8. The highest BCUT2D eigenvalue weighted by Gasteiger charge is 2.39. The number of halogens is 3. The SMILES string of the molecule is Cc1c([N+](=O)[O-])c(-c2nn3c(C(F)(F)F)nnc3s2)nn1C. The number of alkyl halides is 3. The standard InChI is InChI=1S/C9H6F3N7O2S/c1-3-5(19(20)21)4(15-17(3)2)6-16-18-7(9(10,11)12)13-14-8(18)22-6/h1-2H3. The Bertz CT molecular complexity index is 893. The molecule has 0 aliphatic carbocycles. The quantitative estimate of drug-likeness (QED) is 0.523. The first-order valence-corrected chi connectivity index (χ1v) is 6.49. The lowest BCUT2D eigenvalue weighted by molar-refractivity contribution is -0.384. The maximum absolute atomic E-state index is 12.8. The molecular weight excluding hydrogens is 327 g/mol. The molecular formula is C9H6F3N7O2S. The van der Waals surface area contributed by atoms with Crippen molar-refractivity contribution in [3.05, 3.63) is 21.6 Å². The summed E-state index contributed by atoms with van der Waals surface area (Å²) in [5.74, 6) is -1.29. The van der Waals surface area contributed by atoms with Gasteiger partial charge in [0.2, 0.25) is 10.7 Å². The Morgan fingerprint density at radius 3 is 2.55 bits per heavy atom. The van der Waals surface area contributed by atoms with Crippen LogP contribution in [0, 0.1) is 17.0 Å². The minimum atomic E-state index is -4.73. The minimum Gasteiger partial charge on any atom is -0.265 e. The van der Waals surface area contributed by atoms with E-state index in [1.165, 1.54) is 18.7 Å². The minimum absolute atomic E-state index is 0.0363. The van der Waals surface area contributed by atoms with E-state index in [-0.39, 0.29) is 27.0 Å². The summed E-state index contributed by atoms with van der Waals surface area (Å²) in [6, 6.07) is 0. The van der Waals surface area contributed by atoms with E-state index in [1.807, 2.05) is 0 Å². The van der Waals surface area contributed by atoms with Crippen LogP contribution >= 0.6 is 11.3 Å². The highest BCUT2D eigenvalue weighted by atomic mass is 32.1. The first-order valence-electron chi connectivity index (χ1n) is 5.68. The maximum Gasteiger partial charge on any atom is 0.453 e. The van der Waals surface area contributed by atoms with Crippen LogP contribution in [-0.4, -0.2) is 34.5 Å². The van der Waals surface area contributed by atoms with Gasteiger partial charge in [0.25, 0.3) is 5.82 Å². The predicted molar refractivity (Wildman–Crippen MR) is 67.3 cm³/mol. The largest absolute Gasteiger partial charge is 0.453 e. The number of hydrogen-bond donors (Lipinski definition) is 0. The van der Waals surface area contributed by atoms with Gasteiger partial charge in [0.1, 0.15) is 5.69 Å². The second-order valence-electron chi connectivity index (χ2n) is 4.29. The van der Waals surface area contributed by atoms with Gasteiger partial charge in [-0.05, 0) is 6.92 Å². The average Bonchev–Trinajstić information content (AvgIpc) is 3.00. The van der Waals surface area contributed by atoms with Crippen LogP contribution in [0.1, 0.15) is 11.5 Å². The first kappa shape index (κ1) is 14.4. The molecule has 0 saturated heterocycles. The summed E-state index contributed by atoms with van der Waals surface area (Å²) < 4.78 is 40.0. The summed E-state index contributed by atoms with van der Waals surface area (Å²) in [5.41, 5.74) is -0.142. The lowest BCUT2D eigenvalue weighted by Crippen LogP contribution is -2.11. The van der Waals surface area contributed by atoms with Gasteiger partial charge >= 0.3 is 11.9 Å². The van der Waals surface area contributed by atoms with Gasteiger partial charge in [-0.3, -0.25) is 14.8 Å². The van der Waals surface area contributed by atoms with Crippen LogP contribution in [0.5, 0.6) is 0 Å². The molecule has 0 spiro atoms. The highest BCUT2D eigenvalue weighted by molar-refractivity contribution is 7.19. The molecule has 0 aliphatic rings. The third-order valence-corrected chi connectivity index (χ3v) is 3.84. The van der Waals surface area contributed by atoms with Crippen molar-refractivity contribution in [1.29, 1.82) is 0 Å². The number of aromatic nitrogens is 6. The highest BCUT2D eigenvalue weighted by Crippen LogP contribution is 2.35. The number of aryl methyl sites for hydroxylation is 1. The van der Waals surface area contributed by atoms with Crippen molar-refractivity contribution in [2.24, 2.45) is 7.05 Å². The van der Waals surface area contributed by atoms with E-state index in [2.05, 4.69) is 20.4 Å². The second-order valence-corrected chi connectivity index (χ2v) is 5.24. The van der Waals surface area contributed by atoms with E-state index in [0.29, 0.717) is 4.52 Å². The molecule has 0 bridgehead atoms. The van der Waals surface area contributed by atoms with Crippen molar-refractivity contribution in [3.8, 4) is 10.7 Å². The van der Waals surface area contributed by atoms with E-state index < -0.39 is 16.9 Å². The summed E-state index contributed by atoms with van der Waals surface area (Å²) in [6.45, 7) is 1.48. The molecule has 0 amide bonds. The molecule has 3 aromatic heterocycles. The van der Waals surface area contributed by atoms with E-state index in [1.54, 1.807) is 0 Å². The lowest BCUT2D eigenvalue weighted by Gasteiger charge is -1.99. The molecule has 22 heavy (non-hydrogen) atoms. The van der Waals surface area contributed by atoms with Gasteiger partial charge in [-0.25, -0.2) is 0 Å². The molecule has 116 valence electrons. The van der Waals surface area contributed by atoms with Crippen molar-refractivity contribution in [2.45, 2.75) is 13.1 Å². The zero-order valence-electron chi connectivity index (χ0n) is 11.0. The summed E-state index contributed by atoms with van der Waals surface area (Å²) in [5, 5.41) is 25.1. The zero-order chi connectivity index (χ0) is 16.2. The van der Waals surface area contributed by atoms with Gasteiger partial charge in [0.05, 0.1) is 4.92 Å². The number of nitro groups is 1. The molecule has 13 heteroatoms. The molecule has 0 radical (unpaired) electrons. The van der Waals surface area contributed by atoms with Gasteiger partial charge in [-0.2, -0.15) is 27.9 Å². The van der Waals surface area contributed by atoms with Crippen molar-refractivity contribution in [3.63, 3.8) is 0 Å². The smallest absolute Gasteiger partial charge is 0.265 e. The molecule has 0 aromatic carbocycles. The van der Waals surface area contributed by atoms with E-state index in [4.69, 9.17) is 0 Å². The Morgan fingerprint density at radius 2 is 1.95 bits per heavy atom. The van der Waals surface area contributed by atoms with Crippen LogP contribution in [0.25, 0.3) is 15.7 Å². The van der Waals surface area contributed by atoms with Crippen LogP contribution in [0.15, 0.2) is 0 Å². The van der Waals surface area contributed by atoms with Crippen molar-refractivity contribution < 1.29 is 18.1 Å². The predicted octanol–water partition coefficient (Wildman–Crippen LogP) is 1.82. The second kappa shape index (κ2) is 4.46. The summed E-state index contributed by atoms with van der Waals surface area (Å²) in [6.07, 6.45) is -4.73. The summed E-state index contributed by atoms with van der Waals surface area (Å²) in [4.78, 5) is 10.4. The van der Waals surface area contributed by atoms with E-state index in [9.17, 15) is 23.3 Å². The number of nitrogens with zero attached hydrogens (tertiary/aromatic N) is 7. The Morgan fingerprint density at radius 1 is 1.27 bits per heavy atom. The third kappa shape index (κ3) is 2.01. The van der Waals surface area contributed by atoms with Gasteiger partial charge in [0.15, 0.2) is 5.01 Å². The molecule has 9 nitrogen and oxygen atoms in total. The Balaban J connectivity index is 2.22. The first-order chi connectivity index (χ1) is 10.2. The van der Waals surface area contributed by atoms with Gasteiger partial charge in [-0.15, -0.1) is 10.2 Å². The van der Waals surface area contributed by atoms with Crippen LogP contribution in [0.2, 0.25) is 0 Å². The fourth-order valence-corrected chi connectivity index (χ4v) is 2.67. The maximum atomic E-state index is 12.8. The lowest BCUT2D eigenvalue weighted by atomic mass is 10.3. The van der Waals surface area contributed by atoms with Crippen molar-refractivity contribution >= 4 is 22.0 Å². The van der Waals surface area contributed by atoms with E-state index in [0.717, 1.165) is 11.3 Å². The third-order valence-electron chi connectivity index (χ3n) is 2.93. The molecule has 0 saturated carbocycles. The van der Waals surface area contributed by atoms with Crippen LogP contribution in [0.4, 0.5) is 18.9 Å². The molecule has 3 rings (SSSR count). The fraction of sp³-hybridized carbons (Fsp3) is 0.333. The molecule has 3 heterocycles. The summed E-state index contributed by atoms with van der Waals surface area (Å²) >= 11 is 0.739. The topological polar surface area (TPSA) is 104 Å². The average molecular weight is 333 g/mol. The number of rotatable bonds is 2. The molecule has 0 atom stereocenters. The van der Waals surface area contributed by atoms with E-state index >= 15 is 0 Å². The van der Waals surface area contributed by atoms with Gasteiger partial charge < -0.3 is 0 Å². The summed E-state index contributed by atoms with van der Waals surface area (Å²) in [7, 11) is 1.49. The normalized spacial score (nSPS) is 12.2. The Labute approximate surface area is 123 Å².